The summed E-state index contributed by atoms with van der Waals surface area (Å²) in [4.78, 5) is 19.6. The number of piperidine rings is 1. The molecule has 3 rings (SSSR count). The van der Waals surface area contributed by atoms with Gasteiger partial charge >= 0.3 is 0 Å². The molecule has 166 valence electrons. The van der Waals surface area contributed by atoms with Crippen molar-refractivity contribution in [3.63, 3.8) is 0 Å². The van der Waals surface area contributed by atoms with Crippen molar-refractivity contribution in [3.05, 3.63) is 72.8 Å². The van der Waals surface area contributed by atoms with E-state index in [4.69, 9.17) is 0 Å². The van der Waals surface area contributed by atoms with Crippen LogP contribution in [0.25, 0.3) is 0 Å². The lowest BCUT2D eigenvalue weighted by Gasteiger charge is -2.46. The van der Waals surface area contributed by atoms with Crippen LogP contribution in [0.5, 0.6) is 0 Å². The Morgan fingerprint density at radius 1 is 1.03 bits per heavy atom. The van der Waals surface area contributed by atoms with Crippen LogP contribution in [0.4, 0.5) is 11.4 Å². The van der Waals surface area contributed by atoms with Crippen LogP contribution in [-0.4, -0.2) is 54.0 Å². The molecule has 0 unspecified atom stereocenters. The number of amides is 1. The molecule has 0 saturated carbocycles. The molecule has 1 heterocycles. The van der Waals surface area contributed by atoms with E-state index in [2.05, 4.69) is 72.7 Å². The number of hydrogen-bond acceptors (Lipinski definition) is 3. The summed E-state index contributed by atoms with van der Waals surface area (Å²) in [6.07, 6.45) is 3.09. The summed E-state index contributed by atoms with van der Waals surface area (Å²) < 4.78 is 0. The van der Waals surface area contributed by atoms with Crippen LogP contribution in [0.1, 0.15) is 44.5 Å². The maximum absolute atomic E-state index is 12.8. The van der Waals surface area contributed by atoms with Crippen molar-refractivity contribution in [2.24, 2.45) is 5.92 Å². The van der Waals surface area contributed by atoms with E-state index in [1.807, 2.05) is 37.0 Å². The fourth-order valence-electron chi connectivity index (χ4n) is 4.76. The molecule has 0 radical (unpaired) electrons. The molecule has 0 N–H and O–H groups in total. The highest BCUT2D eigenvalue weighted by molar-refractivity contribution is 5.94. The third kappa shape index (κ3) is 5.19. The lowest BCUT2D eigenvalue weighted by atomic mass is 9.87. The van der Waals surface area contributed by atoms with Crippen LogP contribution in [-0.2, 0) is 0 Å². The van der Waals surface area contributed by atoms with Gasteiger partial charge in [0, 0.05) is 55.2 Å². The van der Waals surface area contributed by atoms with E-state index in [-0.39, 0.29) is 5.91 Å². The van der Waals surface area contributed by atoms with Gasteiger partial charge in [0.15, 0.2) is 0 Å². The molecule has 4 heteroatoms. The molecule has 2 aromatic carbocycles. The first kappa shape index (κ1) is 23.1. The van der Waals surface area contributed by atoms with Crippen molar-refractivity contribution in [1.29, 1.82) is 0 Å². The van der Waals surface area contributed by atoms with E-state index >= 15 is 0 Å². The molecule has 1 fully saturated rings. The molecule has 31 heavy (non-hydrogen) atoms. The molecule has 2 aromatic rings. The van der Waals surface area contributed by atoms with Gasteiger partial charge in [-0.2, -0.15) is 0 Å². The number of anilines is 2. The van der Waals surface area contributed by atoms with Crippen LogP contribution >= 0.6 is 0 Å². The van der Waals surface area contributed by atoms with Gasteiger partial charge in [0.25, 0.3) is 5.91 Å². The average Bonchev–Trinajstić information content (AvgIpc) is 2.79. The Balaban J connectivity index is 1.92. The van der Waals surface area contributed by atoms with E-state index < -0.39 is 0 Å². The predicted octanol–water partition coefficient (Wildman–Crippen LogP) is 5.59. The Kier molecular flexibility index (Phi) is 7.91. The Hall–Kier alpha value is -2.59. The molecule has 1 aliphatic heterocycles. The zero-order chi connectivity index (χ0) is 22.4. The van der Waals surface area contributed by atoms with Gasteiger partial charge < -0.3 is 9.80 Å². The van der Waals surface area contributed by atoms with Gasteiger partial charge in [0.1, 0.15) is 0 Å². The first-order valence-corrected chi connectivity index (χ1v) is 11.6. The molecule has 3 atom stereocenters. The molecule has 4 nitrogen and oxygen atoms in total. The second kappa shape index (κ2) is 10.6. The minimum absolute atomic E-state index is 0.0996. The second-order valence-corrected chi connectivity index (χ2v) is 8.60. The molecule has 0 spiro atoms. The molecule has 1 saturated heterocycles. The summed E-state index contributed by atoms with van der Waals surface area (Å²) in [5.74, 6) is 0.607. The van der Waals surface area contributed by atoms with E-state index in [0.717, 1.165) is 43.9 Å². The van der Waals surface area contributed by atoms with Gasteiger partial charge in [-0.25, -0.2) is 0 Å². The number of benzene rings is 2. The van der Waals surface area contributed by atoms with Crippen LogP contribution in [0.15, 0.2) is 67.3 Å². The third-order valence-electron chi connectivity index (χ3n) is 6.56. The molecular formula is C27H37N3O. The zero-order valence-electron chi connectivity index (χ0n) is 19.5. The topological polar surface area (TPSA) is 26.8 Å². The standard InChI is InChI=1S/C27H37N3O/c1-6-18-29-20-21(4)26(19-22(29)5)30(24-12-10-9-11-13-24)25-16-14-23(15-17-25)27(31)28(7-2)8-3/h6,9-17,21-22,26H,1,7-8,18-20H2,2-5H3/t21-,22+,26+/m0/s1. The highest BCUT2D eigenvalue weighted by Gasteiger charge is 2.35. The Morgan fingerprint density at radius 3 is 2.23 bits per heavy atom. The predicted molar refractivity (Wildman–Crippen MR) is 131 cm³/mol. The van der Waals surface area contributed by atoms with Gasteiger partial charge in [-0.1, -0.05) is 31.2 Å². The number of nitrogens with zero attached hydrogens (tertiary/aromatic N) is 3. The fraction of sp³-hybridized carbons (Fsp3) is 0.444. The number of carbonyl (C=O) groups is 1. The number of hydrogen-bond donors (Lipinski definition) is 0. The molecular weight excluding hydrogens is 382 g/mol. The normalized spacial score (nSPS) is 21.5. The summed E-state index contributed by atoms with van der Waals surface area (Å²) in [6.45, 7) is 16.1. The van der Waals surface area contributed by atoms with E-state index in [1.54, 1.807) is 0 Å². The van der Waals surface area contributed by atoms with Crippen molar-refractivity contribution >= 4 is 17.3 Å². The van der Waals surface area contributed by atoms with E-state index in [0.29, 0.717) is 18.0 Å². The van der Waals surface area contributed by atoms with Crippen molar-refractivity contribution in [2.45, 2.75) is 46.2 Å². The average molecular weight is 420 g/mol. The first-order chi connectivity index (χ1) is 15.0. The maximum atomic E-state index is 12.8. The van der Waals surface area contributed by atoms with Crippen LogP contribution in [0.2, 0.25) is 0 Å². The number of rotatable bonds is 8. The first-order valence-electron chi connectivity index (χ1n) is 11.6. The second-order valence-electron chi connectivity index (χ2n) is 8.60. The van der Waals surface area contributed by atoms with Crippen molar-refractivity contribution in [3.8, 4) is 0 Å². The smallest absolute Gasteiger partial charge is 0.253 e. The molecule has 0 bridgehead atoms. The number of likely N-dealkylation sites (tertiary alicyclic amines) is 1. The number of para-hydroxylation sites is 1. The van der Waals surface area contributed by atoms with Crippen molar-refractivity contribution in [2.75, 3.05) is 31.1 Å². The van der Waals surface area contributed by atoms with Gasteiger partial charge in [0.05, 0.1) is 0 Å². The SMILES string of the molecule is C=CCN1C[C@H](C)[C@H](N(c2ccccc2)c2ccc(C(=O)N(CC)CC)cc2)C[C@H]1C. The summed E-state index contributed by atoms with van der Waals surface area (Å²) in [6, 6.07) is 19.7. The van der Waals surface area contributed by atoms with Crippen LogP contribution < -0.4 is 4.90 Å². The van der Waals surface area contributed by atoms with Crippen LogP contribution in [0.3, 0.4) is 0 Å². The molecule has 1 aliphatic rings. The van der Waals surface area contributed by atoms with Gasteiger partial charge in [-0.05, 0) is 69.5 Å². The Bertz CT molecular complexity index is 845. The molecule has 0 aromatic heterocycles. The molecule has 0 aliphatic carbocycles. The van der Waals surface area contributed by atoms with Crippen LogP contribution in [0, 0.1) is 5.92 Å². The minimum Gasteiger partial charge on any atom is -0.339 e. The highest BCUT2D eigenvalue weighted by Crippen LogP contribution is 2.36. The maximum Gasteiger partial charge on any atom is 0.253 e. The minimum atomic E-state index is 0.0996. The Morgan fingerprint density at radius 2 is 1.65 bits per heavy atom. The third-order valence-corrected chi connectivity index (χ3v) is 6.56. The Labute approximate surface area is 188 Å². The monoisotopic (exact) mass is 419 g/mol. The van der Waals surface area contributed by atoms with E-state index in [1.165, 1.54) is 5.69 Å². The van der Waals surface area contributed by atoms with E-state index in [9.17, 15) is 4.79 Å². The quantitative estimate of drug-likeness (QED) is 0.522. The zero-order valence-corrected chi connectivity index (χ0v) is 19.5. The van der Waals surface area contributed by atoms with Gasteiger partial charge in [0.2, 0.25) is 0 Å². The highest BCUT2D eigenvalue weighted by atomic mass is 16.2. The summed E-state index contributed by atoms with van der Waals surface area (Å²) >= 11 is 0. The largest absolute Gasteiger partial charge is 0.339 e. The lowest BCUT2D eigenvalue weighted by molar-refractivity contribution is 0.0773. The summed E-state index contributed by atoms with van der Waals surface area (Å²) in [5, 5.41) is 0. The van der Waals surface area contributed by atoms with Crippen molar-refractivity contribution in [1.82, 2.24) is 9.80 Å². The van der Waals surface area contributed by atoms with Gasteiger partial charge in [-0.3, -0.25) is 9.69 Å². The van der Waals surface area contributed by atoms with Crippen molar-refractivity contribution < 1.29 is 4.79 Å². The summed E-state index contributed by atoms with van der Waals surface area (Å²) in [7, 11) is 0. The lowest BCUT2D eigenvalue weighted by Crippen LogP contribution is -2.52. The fourth-order valence-corrected chi connectivity index (χ4v) is 4.76. The molecule has 1 amide bonds. The summed E-state index contributed by atoms with van der Waals surface area (Å²) in [5.41, 5.74) is 3.10. The van der Waals surface area contributed by atoms with Gasteiger partial charge in [-0.15, -0.1) is 6.58 Å². The number of carbonyl (C=O) groups excluding carboxylic acids is 1.